The van der Waals surface area contributed by atoms with E-state index >= 15 is 0 Å². The molecule has 0 N–H and O–H groups in total. The van der Waals surface area contributed by atoms with E-state index in [9.17, 15) is 8.78 Å². The van der Waals surface area contributed by atoms with E-state index in [1.165, 1.54) is 13.1 Å². The molecule has 39 heavy (non-hydrogen) atoms. The third-order valence-corrected chi connectivity index (χ3v) is 6.96. The van der Waals surface area contributed by atoms with E-state index in [1.807, 2.05) is 43.3 Å². The molecule has 0 saturated heterocycles. The number of benzene rings is 1. The van der Waals surface area contributed by atoms with Crippen LogP contribution in [0, 0.1) is 0 Å². The summed E-state index contributed by atoms with van der Waals surface area (Å²) < 4.78 is 39.1. The van der Waals surface area contributed by atoms with Crippen LogP contribution in [0.1, 0.15) is 69.7 Å². The maximum atomic E-state index is 13.8. The molecular formula is C31H36F2N4O2. The number of halogens is 2. The van der Waals surface area contributed by atoms with Gasteiger partial charge in [-0.15, -0.1) is 0 Å². The zero-order valence-corrected chi connectivity index (χ0v) is 23.5. The molecule has 0 atom stereocenters. The van der Waals surface area contributed by atoms with Crippen molar-refractivity contribution in [1.82, 2.24) is 19.9 Å². The lowest BCUT2D eigenvalue weighted by molar-refractivity contribution is 0.0622. The molecule has 2 heterocycles. The summed E-state index contributed by atoms with van der Waals surface area (Å²) in [7, 11) is 3.36. The van der Waals surface area contributed by atoms with Crippen LogP contribution in [-0.2, 0) is 6.61 Å². The normalized spacial score (nSPS) is 14.6. The van der Waals surface area contributed by atoms with Crippen molar-refractivity contribution < 1.29 is 18.3 Å². The lowest BCUT2D eigenvalue weighted by Crippen LogP contribution is -2.18. The molecule has 0 bridgehead atoms. The quantitative estimate of drug-likeness (QED) is 0.252. The number of rotatable bonds is 11. The molecule has 6 nitrogen and oxygen atoms in total. The molecule has 0 radical (unpaired) electrons. The number of hydrogen-bond acceptors (Lipinski definition) is 6. The van der Waals surface area contributed by atoms with Gasteiger partial charge in [-0.3, -0.25) is 4.98 Å². The van der Waals surface area contributed by atoms with Gasteiger partial charge in [0.05, 0.1) is 19.0 Å². The number of pyridine rings is 1. The zero-order valence-electron chi connectivity index (χ0n) is 23.5. The Morgan fingerprint density at radius 1 is 1.13 bits per heavy atom. The largest absolute Gasteiger partial charge is 0.490 e. The van der Waals surface area contributed by atoms with Gasteiger partial charge in [0, 0.05) is 49.1 Å². The Labute approximate surface area is 229 Å². The molecule has 1 fully saturated rings. The van der Waals surface area contributed by atoms with Crippen LogP contribution in [0.3, 0.4) is 0 Å². The summed E-state index contributed by atoms with van der Waals surface area (Å²) in [6.45, 7) is 6.71. The Hall–Kier alpha value is -3.81. The second-order valence-corrected chi connectivity index (χ2v) is 10.1. The monoisotopic (exact) mass is 534 g/mol. The molecule has 3 aromatic rings. The van der Waals surface area contributed by atoms with Gasteiger partial charge in [0.15, 0.2) is 11.6 Å². The van der Waals surface area contributed by atoms with E-state index in [0.29, 0.717) is 23.4 Å². The van der Waals surface area contributed by atoms with Gasteiger partial charge in [0.2, 0.25) is 0 Å². The van der Waals surface area contributed by atoms with Crippen LogP contribution in [0.15, 0.2) is 66.1 Å². The zero-order chi connectivity index (χ0) is 28.2. The van der Waals surface area contributed by atoms with Crippen LogP contribution in [-0.4, -0.2) is 39.9 Å². The molecular weight excluding hydrogens is 498 g/mol. The number of nitrogens with zero attached hydrogens (tertiary/aromatic N) is 4. The van der Waals surface area contributed by atoms with Gasteiger partial charge in [0.1, 0.15) is 6.61 Å². The van der Waals surface area contributed by atoms with E-state index in [4.69, 9.17) is 9.47 Å². The van der Waals surface area contributed by atoms with Crippen molar-refractivity contribution in [3.63, 3.8) is 0 Å². The van der Waals surface area contributed by atoms with Gasteiger partial charge in [-0.25, -0.2) is 13.8 Å². The van der Waals surface area contributed by atoms with Crippen LogP contribution in [0.25, 0.3) is 17.1 Å². The highest BCUT2D eigenvalue weighted by molar-refractivity contribution is 5.68. The Morgan fingerprint density at radius 2 is 1.85 bits per heavy atom. The van der Waals surface area contributed by atoms with Gasteiger partial charge in [-0.05, 0) is 61.9 Å². The predicted molar refractivity (Wildman–Crippen MR) is 150 cm³/mol. The second-order valence-electron chi connectivity index (χ2n) is 10.1. The molecule has 2 aromatic heterocycles. The fourth-order valence-corrected chi connectivity index (χ4v) is 4.31. The smallest absolute Gasteiger partial charge is 0.268 e. The first-order chi connectivity index (χ1) is 18.6. The van der Waals surface area contributed by atoms with Crippen molar-refractivity contribution >= 4 is 5.70 Å². The van der Waals surface area contributed by atoms with Crippen LogP contribution in [0.4, 0.5) is 8.78 Å². The summed E-state index contributed by atoms with van der Waals surface area (Å²) in [5.74, 6) is -1.04. The van der Waals surface area contributed by atoms with Crippen LogP contribution in [0.5, 0.6) is 11.6 Å². The molecule has 1 aliphatic carbocycles. The van der Waals surface area contributed by atoms with Crippen molar-refractivity contribution in [2.45, 2.75) is 65.4 Å². The second kappa shape index (κ2) is 11.9. The number of hydrogen-bond donors (Lipinski definition) is 0. The molecule has 1 aliphatic rings. The summed E-state index contributed by atoms with van der Waals surface area (Å²) in [5.41, 5.74) is 5.82. The molecule has 8 heteroatoms. The number of methoxy groups -OCH3 is 1. The Balaban J connectivity index is 1.54. The average Bonchev–Trinajstić information content (AvgIpc) is 3.77. The molecule has 1 saturated carbocycles. The molecule has 0 spiro atoms. The van der Waals surface area contributed by atoms with Crippen LogP contribution >= 0.6 is 0 Å². The fraction of sp³-hybridized carbons (Fsp3) is 0.387. The fourth-order valence-electron chi connectivity index (χ4n) is 4.31. The third-order valence-electron chi connectivity index (χ3n) is 6.96. The molecule has 4 rings (SSSR count). The highest BCUT2D eigenvalue weighted by atomic mass is 19.3. The van der Waals surface area contributed by atoms with Gasteiger partial charge < -0.3 is 14.4 Å². The van der Waals surface area contributed by atoms with Crippen molar-refractivity contribution in [3.8, 4) is 23.0 Å². The van der Waals surface area contributed by atoms with Gasteiger partial charge in [-0.1, -0.05) is 31.2 Å². The lowest BCUT2D eigenvalue weighted by atomic mass is 10.0. The third kappa shape index (κ3) is 6.80. The summed E-state index contributed by atoms with van der Waals surface area (Å²) in [4.78, 5) is 15.5. The first-order valence-electron chi connectivity index (χ1n) is 13.2. The number of alkyl halides is 2. The molecule has 0 amide bonds. The van der Waals surface area contributed by atoms with Gasteiger partial charge >= 0.3 is 0 Å². The van der Waals surface area contributed by atoms with E-state index in [1.54, 1.807) is 31.5 Å². The van der Waals surface area contributed by atoms with Crippen LogP contribution < -0.4 is 9.47 Å². The van der Waals surface area contributed by atoms with Crippen molar-refractivity contribution in [2.24, 2.45) is 0 Å². The molecule has 0 aliphatic heterocycles. The lowest BCUT2D eigenvalue weighted by Gasteiger charge is -2.24. The minimum absolute atomic E-state index is 0.00475. The van der Waals surface area contributed by atoms with Crippen LogP contribution in [0.2, 0.25) is 0 Å². The topological polar surface area (TPSA) is 60.4 Å². The maximum absolute atomic E-state index is 13.8. The first-order valence-corrected chi connectivity index (χ1v) is 13.2. The number of allylic oxidation sites excluding steroid dienone is 2. The minimum Gasteiger partial charge on any atom is -0.490 e. The standard InChI is InChI=1S/C31H36F2N4O2/c1-7-20(2)28(37(5)18-21(3)31(4,32)33)24-12-10-22(11-13-24)19-39-30-26(38-6)17-35-29(36-30)25-9-8-16-34-27(25)23-14-15-23/h8-13,16-18,23H,7,14-15,19H2,1-6H3/b21-18+,28-20?. The predicted octanol–water partition coefficient (Wildman–Crippen LogP) is 7.64. The molecule has 1 aromatic carbocycles. The van der Waals surface area contributed by atoms with E-state index in [2.05, 4.69) is 21.9 Å². The first kappa shape index (κ1) is 28.2. The van der Waals surface area contributed by atoms with E-state index < -0.39 is 5.92 Å². The van der Waals surface area contributed by atoms with E-state index in [0.717, 1.165) is 59.8 Å². The highest BCUT2D eigenvalue weighted by Crippen LogP contribution is 2.43. The highest BCUT2D eigenvalue weighted by Gasteiger charge is 2.29. The number of aromatic nitrogens is 3. The minimum atomic E-state index is -2.88. The van der Waals surface area contributed by atoms with Gasteiger partial charge in [0.25, 0.3) is 11.8 Å². The van der Waals surface area contributed by atoms with Crippen molar-refractivity contribution in [2.75, 3.05) is 14.2 Å². The molecule has 206 valence electrons. The van der Waals surface area contributed by atoms with Crippen molar-refractivity contribution in [3.05, 3.63) is 83.0 Å². The van der Waals surface area contributed by atoms with E-state index in [-0.39, 0.29) is 12.2 Å². The maximum Gasteiger partial charge on any atom is 0.268 e. The average molecular weight is 535 g/mol. The SMILES string of the molecule is CCC(C)=C(c1ccc(COc2nc(-c3cccnc3C3CC3)ncc2OC)cc1)N(C)/C=C(\C)C(C)(F)F. The molecule has 0 unspecified atom stereocenters. The van der Waals surface area contributed by atoms with Gasteiger partial charge in [-0.2, -0.15) is 4.98 Å². The Kier molecular flexibility index (Phi) is 8.63. The summed E-state index contributed by atoms with van der Waals surface area (Å²) in [5, 5.41) is 0. The summed E-state index contributed by atoms with van der Waals surface area (Å²) in [6.07, 6.45) is 7.99. The summed E-state index contributed by atoms with van der Waals surface area (Å²) >= 11 is 0. The summed E-state index contributed by atoms with van der Waals surface area (Å²) in [6, 6.07) is 11.8. The number of ether oxygens (including phenoxy) is 2. The van der Waals surface area contributed by atoms with Crippen molar-refractivity contribution in [1.29, 1.82) is 0 Å². The Morgan fingerprint density at radius 3 is 2.46 bits per heavy atom. The Bertz CT molecular complexity index is 1360.